The van der Waals surface area contributed by atoms with Crippen LogP contribution in [-0.2, 0) is 6.61 Å². The molecule has 3 aromatic rings. The largest absolute Gasteiger partial charge is 0.489 e. The molecule has 2 aromatic carbocycles. The fraction of sp³-hybridized carbons (Fsp3) is 0.238. The minimum Gasteiger partial charge on any atom is -0.489 e. The van der Waals surface area contributed by atoms with Gasteiger partial charge in [0.15, 0.2) is 0 Å². The van der Waals surface area contributed by atoms with Gasteiger partial charge in [0.05, 0.1) is 17.9 Å². The predicted molar refractivity (Wildman–Crippen MR) is 107 cm³/mol. The Morgan fingerprint density at radius 3 is 2.67 bits per heavy atom. The molecule has 5 nitrogen and oxygen atoms in total. The maximum atomic E-state index is 11.4. The van der Waals surface area contributed by atoms with Crippen molar-refractivity contribution in [1.82, 2.24) is 9.55 Å². The maximum Gasteiger partial charge on any atom is 0.335 e. The molecule has 27 heavy (non-hydrogen) atoms. The van der Waals surface area contributed by atoms with Crippen LogP contribution in [0.4, 0.5) is 0 Å². The summed E-state index contributed by atoms with van der Waals surface area (Å²) in [6, 6.07) is 13.0. The number of carboxylic acids is 1. The van der Waals surface area contributed by atoms with Crippen molar-refractivity contribution in [2.45, 2.75) is 32.4 Å². The average Bonchev–Trinajstić information content (AvgIpc) is 3.20. The van der Waals surface area contributed by atoms with E-state index in [1.54, 1.807) is 24.7 Å². The summed E-state index contributed by atoms with van der Waals surface area (Å²) >= 11 is 3.42. The van der Waals surface area contributed by atoms with Crippen LogP contribution in [0.5, 0.6) is 5.75 Å². The van der Waals surface area contributed by atoms with Gasteiger partial charge in [-0.2, -0.15) is 0 Å². The van der Waals surface area contributed by atoms with E-state index in [-0.39, 0.29) is 11.6 Å². The topological polar surface area (TPSA) is 64.3 Å². The molecule has 0 radical (unpaired) electrons. The molecule has 140 valence electrons. The maximum absolute atomic E-state index is 11.4. The summed E-state index contributed by atoms with van der Waals surface area (Å²) in [5.41, 5.74) is 2.18. The molecular formula is C21H21BrN2O3. The van der Waals surface area contributed by atoms with Crippen molar-refractivity contribution in [3.8, 4) is 5.75 Å². The lowest BCUT2D eigenvalue weighted by molar-refractivity contribution is 0.0696. The molecule has 3 rings (SSSR count). The van der Waals surface area contributed by atoms with E-state index in [0.29, 0.717) is 12.4 Å². The van der Waals surface area contributed by atoms with Gasteiger partial charge >= 0.3 is 5.97 Å². The lowest BCUT2D eigenvalue weighted by Crippen LogP contribution is -2.12. The highest BCUT2D eigenvalue weighted by Gasteiger charge is 2.19. The van der Waals surface area contributed by atoms with Gasteiger partial charge in [-0.05, 0) is 36.2 Å². The van der Waals surface area contributed by atoms with Crippen LogP contribution in [-0.4, -0.2) is 20.6 Å². The van der Waals surface area contributed by atoms with E-state index in [1.165, 1.54) is 0 Å². The summed E-state index contributed by atoms with van der Waals surface area (Å²) < 4.78 is 9.10. The Morgan fingerprint density at radius 1 is 1.26 bits per heavy atom. The quantitative estimate of drug-likeness (QED) is 0.527. The molecule has 0 aliphatic heterocycles. The van der Waals surface area contributed by atoms with Gasteiger partial charge in [-0.1, -0.05) is 47.5 Å². The van der Waals surface area contributed by atoms with E-state index < -0.39 is 5.97 Å². The zero-order valence-corrected chi connectivity index (χ0v) is 16.6. The molecule has 1 unspecified atom stereocenters. The molecule has 0 saturated heterocycles. The minimum atomic E-state index is -0.968. The van der Waals surface area contributed by atoms with Crippen molar-refractivity contribution in [3.63, 3.8) is 0 Å². The SMILES string of the molecule is CCCC(c1ccc(C(=O)O)cc1OCc1ccc(Br)cc1)n1ccnc1. The second kappa shape index (κ2) is 8.86. The lowest BCUT2D eigenvalue weighted by atomic mass is 9.99. The van der Waals surface area contributed by atoms with Gasteiger partial charge in [-0.15, -0.1) is 0 Å². The molecule has 6 heteroatoms. The number of rotatable bonds is 8. The normalized spacial score (nSPS) is 11.9. The van der Waals surface area contributed by atoms with Gasteiger partial charge in [-0.25, -0.2) is 9.78 Å². The Bertz CT molecular complexity index is 892. The monoisotopic (exact) mass is 428 g/mol. The van der Waals surface area contributed by atoms with Crippen molar-refractivity contribution < 1.29 is 14.6 Å². The highest BCUT2D eigenvalue weighted by molar-refractivity contribution is 9.10. The van der Waals surface area contributed by atoms with Gasteiger partial charge in [0, 0.05) is 22.4 Å². The van der Waals surface area contributed by atoms with Crippen molar-refractivity contribution in [2.75, 3.05) is 0 Å². The number of benzene rings is 2. The Hall–Kier alpha value is -2.60. The minimum absolute atomic E-state index is 0.0419. The standard InChI is InChI=1S/C21H21BrN2O3/c1-2-3-19(24-11-10-23-14-24)18-9-6-16(21(25)26)12-20(18)27-13-15-4-7-17(22)8-5-15/h4-12,14,19H,2-3,13H2,1H3,(H,25,26). The van der Waals surface area contributed by atoms with Crippen molar-refractivity contribution in [2.24, 2.45) is 0 Å². The van der Waals surface area contributed by atoms with Crippen LogP contribution in [0.15, 0.2) is 65.7 Å². The zero-order valence-electron chi connectivity index (χ0n) is 15.0. The van der Waals surface area contributed by atoms with Crippen LogP contribution in [0.2, 0.25) is 0 Å². The molecule has 1 heterocycles. The third-order valence-electron chi connectivity index (χ3n) is 4.37. The van der Waals surface area contributed by atoms with Gasteiger partial charge in [0.25, 0.3) is 0 Å². The van der Waals surface area contributed by atoms with Crippen LogP contribution in [0.25, 0.3) is 0 Å². The van der Waals surface area contributed by atoms with Crippen LogP contribution in [0, 0.1) is 0 Å². The number of halogens is 1. The number of imidazole rings is 1. The third-order valence-corrected chi connectivity index (χ3v) is 4.90. The second-order valence-corrected chi connectivity index (χ2v) is 7.20. The summed E-state index contributed by atoms with van der Waals surface area (Å²) in [6.07, 6.45) is 7.33. The number of hydrogen-bond acceptors (Lipinski definition) is 3. The molecule has 1 aromatic heterocycles. The number of nitrogens with zero attached hydrogens (tertiary/aromatic N) is 2. The fourth-order valence-corrected chi connectivity index (χ4v) is 3.27. The number of hydrogen-bond donors (Lipinski definition) is 1. The van der Waals surface area contributed by atoms with Gasteiger partial charge in [0.1, 0.15) is 12.4 Å². The zero-order chi connectivity index (χ0) is 19.2. The van der Waals surface area contributed by atoms with E-state index in [0.717, 1.165) is 28.4 Å². The van der Waals surface area contributed by atoms with Crippen molar-refractivity contribution in [1.29, 1.82) is 0 Å². The summed E-state index contributed by atoms with van der Waals surface area (Å²) in [4.78, 5) is 15.6. The number of ether oxygens (including phenoxy) is 1. The smallest absolute Gasteiger partial charge is 0.335 e. The molecule has 1 atom stereocenters. The fourth-order valence-electron chi connectivity index (χ4n) is 3.00. The van der Waals surface area contributed by atoms with E-state index in [1.807, 2.05) is 41.1 Å². The molecule has 1 N–H and O–H groups in total. The predicted octanol–water partition coefficient (Wildman–Crippen LogP) is 5.31. The van der Waals surface area contributed by atoms with Crippen molar-refractivity contribution in [3.05, 3.63) is 82.3 Å². The van der Waals surface area contributed by atoms with Crippen LogP contribution >= 0.6 is 15.9 Å². The summed E-state index contributed by atoms with van der Waals surface area (Å²) in [7, 11) is 0. The first-order valence-electron chi connectivity index (χ1n) is 8.80. The third kappa shape index (κ3) is 4.77. The summed E-state index contributed by atoms with van der Waals surface area (Å²) in [6.45, 7) is 2.49. The molecule has 0 spiro atoms. The first-order chi connectivity index (χ1) is 13.1. The summed E-state index contributed by atoms with van der Waals surface area (Å²) in [5.74, 6) is -0.380. The van der Waals surface area contributed by atoms with Crippen molar-refractivity contribution >= 4 is 21.9 Å². The number of aromatic carboxylic acids is 1. The van der Waals surface area contributed by atoms with E-state index >= 15 is 0 Å². The van der Waals surface area contributed by atoms with Crippen LogP contribution in [0.3, 0.4) is 0 Å². The van der Waals surface area contributed by atoms with E-state index in [4.69, 9.17) is 4.74 Å². The molecule has 0 amide bonds. The Morgan fingerprint density at radius 2 is 2.04 bits per heavy atom. The Kier molecular flexibility index (Phi) is 6.29. The first-order valence-corrected chi connectivity index (χ1v) is 9.59. The second-order valence-electron chi connectivity index (χ2n) is 6.29. The molecule has 0 aliphatic carbocycles. The Balaban J connectivity index is 1.94. The number of carboxylic acid groups (broad SMARTS) is 1. The molecule has 0 bridgehead atoms. The molecule has 0 saturated carbocycles. The van der Waals surface area contributed by atoms with E-state index in [2.05, 4.69) is 27.8 Å². The first kappa shape index (κ1) is 19.2. The lowest BCUT2D eigenvalue weighted by Gasteiger charge is -2.22. The Labute approximate surface area is 166 Å². The summed E-state index contributed by atoms with van der Waals surface area (Å²) in [5, 5.41) is 9.37. The van der Waals surface area contributed by atoms with Gasteiger partial charge in [-0.3, -0.25) is 0 Å². The van der Waals surface area contributed by atoms with Gasteiger partial charge < -0.3 is 14.4 Å². The number of carbonyl (C=O) groups is 1. The van der Waals surface area contributed by atoms with E-state index in [9.17, 15) is 9.90 Å². The molecule has 0 fully saturated rings. The average molecular weight is 429 g/mol. The highest BCUT2D eigenvalue weighted by atomic mass is 79.9. The van der Waals surface area contributed by atoms with Crippen LogP contribution in [0.1, 0.15) is 47.3 Å². The highest BCUT2D eigenvalue weighted by Crippen LogP contribution is 2.33. The van der Waals surface area contributed by atoms with Gasteiger partial charge in [0.2, 0.25) is 0 Å². The molecular weight excluding hydrogens is 408 g/mol. The van der Waals surface area contributed by atoms with Crippen LogP contribution < -0.4 is 4.74 Å². The molecule has 0 aliphatic rings. The number of aromatic nitrogens is 2.